The molecule has 0 atom stereocenters. The number of fused-ring (bicyclic) bond motifs is 1. The maximum atomic E-state index is 12.8. The molecule has 33 heavy (non-hydrogen) atoms. The van der Waals surface area contributed by atoms with E-state index in [1.165, 1.54) is 4.90 Å². The van der Waals surface area contributed by atoms with Crippen LogP contribution in [0, 0.1) is 0 Å². The molecule has 172 valence electrons. The van der Waals surface area contributed by atoms with Crippen molar-refractivity contribution in [3.63, 3.8) is 0 Å². The number of carbonyl (C=O) groups excluding carboxylic acids is 1. The summed E-state index contributed by atoms with van der Waals surface area (Å²) in [5.41, 5.74) is 3.53. The van der Waals surface area contributed by atoms with Crippen molar-refractivity contribution in [1.82, 2.24) is 5.32 Å². The van der Waals surface area contributed by atoms with Crippen molar-refractivity contribution in [3.05, 3.63) is 71.8 Å². The van der Waals surface area contributed by atoms with Gasteiger partial charge in [-0.05, 0) is 61.2 Å². The number of hydrogen-bond acceptors (Lipinski definition) is 6. The van der Waals surface area contributed by atoms with Gasteiger partial charge in [-0.3, -0.25) is 4.79 Å². The number of benzene rings is 3. The lowest BCUT2D eigenvalue weighted by molar-refractivity contribution is 0.0950. The topological polar surface area (TPSA) is 60.0 Å². The van der Waals surface area contributed by atoms with Gasteiger partial charge < -0.3 is 24.4 Å². The monoisotopic (exact) mass is 464 g/mol. The van der Waals surface area contributed by atoms with Crippen LogP contribution >= 0.6 is 11.8 Å². The summed E-state index contributed by atoms with van der Waals surface area (Å²) in [6.07, 6.45) is 2.04. The maximum Gasteiger partial charge on any atom is 0.251 e. The second-order valence-electron chi connectivity index (χ2n) is 7.48. The smallest absolute Gasteiger partial charge is 0.251 e. The van der Waals surface area contributed by atoms with Gasteiger partial charge in [0, 0.05) is 28.8 Å². The van der Waals surface area contributed by atoms with Crippen LogP contribution in [0.5, 0.6) is 17.2 Å². The molecule has 1 amide bonds. The normalized spacial score (nSPS) is 12.5. The summed E-state index contributed by atoms with van der Waals surface area (Å²) < 4.78 is 17.0. The van der Waals surface area contributed by atoms with Crippen LogP contribution in [0.4, 0.5) is 11.4 Å². The number of rotatable bonds is 8. The largest absolute Gasteiger partial charge is 0.493 e. The number of methoxy groups -OCH3 is 1. The quantitative estimate of drug-likeness (QED) is 0.458. The van der Waals surface area contributed by atoms with Crippen molar-refractivity contribution in [1.29, 1.82) is 0 Å². The summed E-state index contributed by atoms with van der Waals surface area (Å²) in [5, 5.41) is 2.99. The van der Waals surface area contributed by atoms with Gasteiger partial charge in [-0.1, -0.05) is 12.1 Å². The molecule has 7 heteroatoms. The first-order valence-electron chi connectivity index (χ1n) is 10.9. The van der Waals surface area contributed by atoms with Gasteiger partial charge in [0.05, 0.1) is 25.9 Å². The van der Waals surface area contributed by atoms with E-state index in [4.69, 9.17) is 14.2 Å². The van der Waals surface area contributed by atoms with E-state index in [-0.39, 0.29) is 5.91 Å². The average molecular weight is 465 g/mol. The average Bonchev–Trinajstić information content (AvgIpc) is 2.87. The molecule has 1 N–H and O–H groups in total. The predicted molar refractivity (Wildman–Crippen MR) is 132 cm³/mol. The zero-order valence-corrected chi connectivity index (χ0v) is 19.9. The van der Waals surface area contributed by atoms with E-state index in [9.17, 15) is 4.79 Å². The summed E-state index contributed by atoms with van der Waals surface area (Å²) >= 11 is 1.70. The molecule has 0 fully saturated rings. The first-order chi connectivity index (χ1) is 16.1. The second-order valence-corrected chi connectivity index (χ2v) is 8.36. The zero-order chi connectivity index (χ0) is 23.2. The number of anilines is 2. The summed E-state index contributed by atoms with van der Waals surface area (Å²) in [4.78, 5) is 16.1. The van der Waals surface area contributed by atoms with Gasteiger partial charge in [0.2, 0.25) is 0 Å². The molecule has 1 aliphatic heterocycles. The van der Waals surface area contributed by atoms with Crippen molar-refractivity contribution in [3.8, 4) is 17.2 Å². The first kappa shape index (κ1) is 22.9. The van der Waals surface area contributed by atoms with Gasteiger partial charge >= 0.3 is 0 Å². The molecule has 0 radical (unpaired) electrons. The molecule has 3 aromatic carbocycles. The molecule has 1 heterocycles. The van der Waals surface area contributed by atoms with Crippen LogP contribution < -0.4 is 24.4 Å². The Bertz CT molecular complexity index is 1120. The van der Waals surface area contributed by atoms with Crippen molar-refractivity contribution in [2.24, 2.45) is 0 Å². The Kier molecular flexibility index (Phi) is 7.29. The molecular formula is C26H28N2O4S. The van der Waals surface area contributed by atoms with E-state index < -0.39 is 0 Å². The van der Waals surface area contributed by atoms with Crippen LogP contribution in [0.15, 0.2) is 65.6 Å². The first-order valence-corrected chi connectivity index (χ1v) is 12.1. The molecular weight excluding hydrogens is 436 g/mol. The molecule has 3 aromatic rings. The second kappa shape index (κ2) is 10.5. The Balaban J connectivity index is 1.50. The van der Waals surface area contributed by atoms with Crippen LogP contribution in [0.1, 0.15) is 22.8 Å². The van der Waals surface area contributed by atoms with Gasteiger partial charge in [0.25, 0.3) is 5.91 Å². The number of carbonyl (C=O) groups is 1. The molecule has 4 rings (SSSR count). The molecule has 0 spiro atoms. The highest BCUT2D eigenvalue weighted by molar-refractivity contribution is 7.98. The summed E-state index contributed by atoms with van der Waals surface area (Å²) in [6, 6.07) is 19.6. The van der Waals surface area contributed by atoms with Crippen LogP contribution in [0.25, 0.3) is 0 Å². The van der Waals surface area contributed by atoms with Gasteiger partial charge in [0.15, 0.2) is 11.5 Å². The molecule has 0 saturated heterocycles. The Morgan fingerprint density at radius 3 is 2.64 bits per heavy atom. The Labute approximate surface area is 198 Å². The maximum absolute atomic E-state index is 12.8. The Hall–Kier alpha value is -3.32. The lowest BCUT2D eigenvalue weighted by Gasteiger charge is -2.32. The van der Waals surface area contributed by atoms with Gasteiger partial charge in [-0.25, -0.2) is 0 Å². The molecule has 0 aromatic heterocycles. The van der Waals surface area contributed by atoms with Crippen LogP contribution in [-0.4, -0.2) is 39.0 Å². The third-order valence-corrected chi connectivity index (χ3v) is 6.20. The minimum Gasteiger partial charge on any atom is -0.493 e. The van der Waals surface area contributed by atoms with E-state index in [0.29, 0.717) is 49.1 Å². The lowest BCUT2D eigenvalue weighted by Crippen LogP contribution is -2.29. The highest BCUT2D eigenvalue weighted by Gasteiger charge is 2.22. The molecule has 0 saturated carbocycles. The fraction of sp³-hybridized carbons (Fsp3) is 0.269. The van der Waals surface area contributed by atoms with Crippen molar-refractivity contribution < 1.29 is 19.0 Å². The van der Waals surface area contributed by atoms with Gasteiger partial charge in [-0.2, -0.15) is 0 Å². The third-order valence-electron chi connectivity index (χ3n) is 5.46. The van der Waals surface area contributed by atoms with Crippen molar-refractivity contribution >= 4 is 29.0 Å². The molecule has 0 unspecified atom stereocenters. The van der Waals surface area contributed by atoms with E-state index >= 15 is 0 Å². The molecule has 6 nitrogen and oxygen atoms in total. The Morgan fingerprint density at radius 2 is 1.91 bits per heavy atom. The number of hydrogen-bond donors (Lipinski definition) is 1. The zero-order valence-electron chi connectivity index (χ0n) is 19.1. The lowest BCUT2D eigenvalue weighted by atomic mass is 10.1. The number of amides is 1. The van der Waals surface area contributed by atoms with E-state index in [2.05, 4.69) is 22.3 Å². The minimum absolute atomic E-state index is 0.129. The van der Waals surface area contributed by atoms with E-state index in [0.717, 1.165) is 16.9 Å². The summed E-state index contributed by atoms with van der Waals surface area (Å²) in [5.74, 6) is 1.96. The fourth-order valence-corrected chi connectivity index (χ4v) is 4.17. The number of thioether (sulfide) groups is 1. The van der Waals surface area contributed by atoms with Gasteiger partial charge in [-0.15, -0.1) is 11.8 Å². The van der Waals surface area contributed by atoms with Gasteiger partial charge in [0.1, 0.15) is 12.4 Å². The number of nitrogens with one attached hydrogen (secondary N) is 1. The molecule has 0 aliphatic carbocycles. The third kappa shape index (κ3) is 5.20. The van der Waals surface area contributed by atoms with Crippen molar-refractivity contribution in [2.75, 3.05) is 38.0 Å². The summed E-state index contributed by atoms with van der Waals surface area (Å²) in [6.45, 7) is 4.20. The van der Waals surface area contributed by atoms with Crippen LogP contribution in [0.3, 0.4) is 0 Å². The SMILES string of the molecule is CCOc1cc(N2CCOc3cc(C(=O)NCc4ccc(SC)cc4)ccc32)ccc1OC. The fourth-order valence-electron chi connectivity index (χ4n) is 3.76. The number of nitrogens with zero attached hydrogens (tertiary/aromatic N) is 1. The summed E-state index contributed by atoms with van der Waals surface area (Å²) in [7, 11) is 1.63. The highest BCUT2D eigenvalue weighted by atomic mass is 32.2. The van der Waals surface area contributed by atoms with Crippen LogP contribution in [-0.2, 0) is 6.54 Å². The van der Waals surface area contributed by atoms with E-state index in [1.54, 1.807) is 24.9 Å². The van der Waals surface area contributed by atoms with Crippen molar-refractivity contribution in [2.45, 2.75) is 18.4 Å². The standard InChI is InChI=1S/C26H28N2O4S/c1-4-31-25-16-20(8-12-23(25)30-2)28-13-14-32-24-15-19(7-11-22(24)28)26(29)27-17-18-5-9-21(33-3)10-6-18/h5-12,15-16H,4,13-14,17H2,1-3H3,(H,27,29). The van der Waals surface area contributed by atoms with E-state index in [1.807, 2.05) is 55.6 Å². The van der Waals surface area contributed by atoms with Crippen LogP contribution in [0.2, 0.25) is 0 Å². The Morgan fingerprint density at radius 1 is 1.09 bits per heavy atom. The minimum atomic E-state index is -0.129. The molecule has 0 bridgehead atoms. The molecule has 1 aliphatic rings. The predicted octanol–water partition coefficient (Wildman–Crippen LogP) is 5.28. The highest BCUT2D eigenvalue weighted by Crippen LogP contribution is 2.40. The number of ether oxygens (including phenoxy) is 3.